The van der Waals surface area contributed by atoms with E-state index in [4.69, 9.17) is 4.42 Å². The topological polar surface area (TPSA) is 13.1 Å². The van der Waals surface area contributed by atoms with E-state index < -0.39 is 0 Å². The minimum absolute atomic E-state index is 0.0406. The van der Waals surface area contributed by atoms with Crippen molar-refractivity contribution in [3.63, 3.8) is 0 Å². The molecule has 0 fully saturated rings. The maximum atomic E-state index is 6.80. The van der Waals surface area contributed by atoms with Gasteiger partial charge in [-0.05, 0) is 89.0 Å². The molecule has 0 bridgehead atoms. The molecule has 1 aromatic heterocycles. The van der Waals surface area contributed by atoms with E-state index in [1.54, 1.807) is 0 Å². The van der Waals surface area contributed by atoms with Crippen LogP contribution in [0.15, 0.2) is 217 Å². The van der Waals surface area contributed by atoms with Crippen molar-refractivity contribution in [2.24, 2.45) is 0 Å². The van der Waals surface area contributed by atoms with Gasteiger partial charge < -0.3 is 4.42 Å². The molecular weight excluding hydrogens is 677 g/mol. The summed E-state index contributed by atoms with van der Waals surface area (Å²) < 4.78 is 6.80. The fourth-order valence-corrected chi connectivity index (χ4v) is 8.86. The largest absolute Gasteiger partial charge is 0.455 e. The van der Waals surface area contributed by atoms with E-state index in [1.165, 1.54) is 82.0 Å². The Morgan fingerprint density at radius 1 is 0.321 bits per heavy atom. The van der Waals surface area contributed by atoms with Crippen molar-refractivity contribution in [1.82, 2.24) is 0 Å². The monoisotopic (exact) mass is 712 g/mol. The number of benzene rings is 10. The highest BCUT2D eigenvalue weighted by atomic mass is 16.3. The smallest absolute Gasteiger partial charge is 0.143 e. The maximum absolute atomic E-state index is 6.80. The van der Waals surface area contributed by atoms with E-state index in [2.05, 4.69) is 212 Å². The average molecular weight is 713 g/mol. The lowest BCUT2D eigenvalue weighted by Crippen LogP contribution is -2.04. The van der Waals surface area contributed by atoms with Crippen molar-refractivity contribution in [2.45, 2.75) is 5.92 Å². The van der Waals surface area contributed by atoms with Crippen LogP contribution in [0.5, 0.6) is 0 Å². The Labute approximate surface area is 325 Å². The molecule has 0 saturated carbocycles. The van der Waals surface area contributed by atoms with Gasteiger partial charge in [0, 0.05) is 22.3 Å². The fourth-order valence-electron chi connectivity index (χ4n) is 8.86. The fraction of sp³-hybridized carbons (Fsp3) is 0.0182. The SMILES string of the molecule is c1ccc(-c2ccc(-c3ccc(C(c4ccc(-c5cc6ccccc6c6c5oc5ccc7ccccc7c56)cc4)c4cccc5ccccc45)cc3)cc2)cc1. The van der Waals surface area contributed by atoms with Gasteiger partial charge in [-0.2, -0.15) is 0 Å². The number of hydrogen-bond donors (Lipinski definition) is 0. The summed E-state index contributed by atoms with van der Waals surface area (Å²) in [4.78, 5) is 0. The Morgan fingerprint density at radius 3 is 1.46 bits per heavy atom. The van der Waals surface area contributed by atoms with Crippen LogP contribution in [-0.4, -0.2) is 0 Å². The van der Waals surface area contributed by atoms with Crippen molar-refractivity contribution in [3.05, 3.63) is 229 Å². The second-order valence-electron chi connectivity index (χ2n) is 14.8. The first kappa shape index (κ1) is 32.2. The van der Waals surface area contributed by atoms with Gasteiger partial charge in [-0.3, -0.25) is 0 Å². The maximum Gasteiger partial charge on any atom is 0.143 e. The molecule has 0 spiro atoms. The molecule has 1 heteroatoms. The third-order valence-corrected chi connectivity index (χ3v) is 11.6. The molecule has 1 heterocycles. The van der Waals surface area contributed by atoms with Crippen LogP contribution >= 0.6 is 0 Å². The molecule has 11 aromatic rings. The average Bonchev–Trinajstić information content (AvgIpc) is 3.68. The molecule has 0 N–H and O–H groups in total. The summed E-state index contributed by atoms with van der Waals surface area (Å²) in [7, 11) is 0. The van der Waals surface area contributed by atoms with Crippen LogP contribution < -0.4 is 0 Å². The molecule has 262 valence electrons. The van der Waals surface area contributed by atoms with Crippen molar-refractivity contribution in [3.8, 4) is 33.4 Å². The van der Waals surface area contributed by atoms with Crippen LogP contribution in [0.25, 0.3) is 87.6 Å². The molecule has 56 heavy (non-hydrogen) atoms. The quantitative estimate of drug-likeness (QED) is 0.156. The Morgan fingerprint density at radius 2 is 0.804 bits per heavy atom. The highest BCUT2D eigenvalue weighted by Crippen LogP contribution is 2.44. The van der Waals surface area contributed by atoms with Gasteiger partial charge in [0.25, 0.3) is 0 Å². The molecule has 0 amide bonds. The third kappa shape index (κ3) is 5.40. The van der Waals surface area contributed by atoms with Crippen LogP contribution in [0.3, 0.4) is 0 Å². The molecule has 10 aromatic carbocycles. The highest BCUT2D eigenvalue weighted by molar-refractivity contribution is 6.28. The number of fused-ring (bicyclic) bond motifs is 8. The summed E-state index contributed by atoms with van der Waals surface area (Å²) >= 11 is 0. The van der Waals surface area contributed by atoms with Crippen molar-refractivity contribution < 1.29 is 4.42 Å². The van der Waals surface area contributed by atoms with Crippen molar-refractivity contribution >= 4 is 54.3 Å². The van der Waals surface area contributed by atoms with Crippen molar-refractivity contribution in [2.75, 3.05) is 0 Å². The molecule has 0 radical (unpaired) electrons. The molecule has 0 aliphatic heterocycles. The summed E-state index contributed by atoms with van der Waals surface area (Å²) in [5, 5.41) is 9.73. The van der Waals surface area contributed by atoms with Crippen LogP contribution in [0.1, 0.15) is 22.6 Å². The molecule has 11 rings (SSSR count). The van der Waals surface area contributed by atoms with Crippen LogP contribution in [-0.2, 0) is 0 Å². The first-order chi connectivity index (χ1) is 27.8. The normalized spacial score (nSPS) is 12.2. The lowest BCUT2D eigenvalue weighted by molar-refractivity contribution is 0.670. The second kappa shape index (κ2) is 13.3. The van der Waals surface area contributed by atoms with E-state index in [-0.39, 0.29) is 5.92 Å². The first-order valence-corrected chi connectivity index (χ1v) is 19.4. The number of rotatable bonds is 6. The molecular formula is C55H36O. The molecule has 1 atom stereocenters. The Bertz CT molecular complexity index is 3200. The molecule has 1 unspecified atom stereocenters. The predicted octanol–water partition coefficient (Wildman–Crippen LogP) is 15.2. The Hall–Kier alpha value is -7.22. The minimum Gasteiger partial charge on any atom is -0.455 e. The Balaban J connectivity index is 1.03. The Kier molecular flexibility index (Phi) is 7.64. The van der Waals surface area contributed by atoms with Gasteiger partial charge in [0.05, 0.1) is 0 Å². The molecule has 0 saturated heterocycles. The third-order valence-electron chi connectivity index (χ3n) is 11.6. The lowest BCUT2D eigenvalue weighted by atomic mass is 9.82. The standard InChI is InChI=1S/C55H36O/c1-2-11-36(12-3-1)37-21-23-38(24-22-37)39-25-29-43(30-26-39)52(49-20-10-16-40-13-4-7-17-46(40)49)44-31-27-42(28-32-44)50-35-45-15-6-9-19-48(45)54-53-47-18-8-5-14-41(47)33-34-51(53)56-55(50)54/h1-35,52H. The van der Waals surface area contributed by atoms with E-state index in [0.717, 1.165) is 22.3 Å². The zero-order chi connectivity index (χ0) is 37.0. The van der Waals surface area contributed by atoms with Crippen molar-refractivity contribution in [1.29, 1.82) is 0 Å². The summed E-state index contributed by atoms with van der Waals surface area (Å²) in [6, 6.07) is 77.2. The van der Waals surface area contributed by atoms with Gasteiger partial charge in [-0.1, -0.05) is 200 Å². The van der Waals surface area contributed by atoms with E-state index in [1.807, 2.05) is 0 Å². The van der Waals surface area contributed by atoms with Gasteiger partial charge in [0.15, 0.2) is 0 Å². The number of hydrogen-bond acceptors (Lipinski definition) is 1. The summed E-state index contributed by atoms with van der Waals surface area (Å²) in [6.07, 6.45) is 0. The van der Waals surface area contributed by atoms with Gasteiger partial charge >= 0.3 is 0 Å². The van der Waals surface area contributed by atoms with E-state index in [9.17, 15) is 0 Å². The highest BCUT2D eigenvalue weighted by Gasteiger charge is 2.22. The molecule has 1 nitrogen and oxygen atoms in total. The van der Waals surface area contributed by atoms with Crippen LogP contribution in [0.4, 0.5) is 0 Å². The zero-order valence-electron chi connectivity index (χ0n) is 30.7. The number of furan rings is 1. The van der Waals surface area contributed by atoms with Crippen LogP contribution in [0, 0.1) is 0 Å². The van der Waals surface area contributed by atoms with E-state index >= 15 is 0 Å². The van der Waals surface area contributed by atoms with Gasteiger partial charge in [-0.25, -0.2) is 0 Å². The van der Waals surface area contributed by atoms with E-state index in [0.29, 0.717) is 0 Å². The predicted molar refractivity (Wildman–Crippen MR) is 236 cm³/mol. The molecule has 0 aliphatic rings. The second-order valence-corrected chi connectivity index (χ2v) is 14.8. The summed E-state index contributed by atoms with van der Waals surface area (Å²) in [6.45, 7) is 0. The minimum atomic E-state index is 0.0406. The van der Waals surface area contributed by atoms with Gasteiger partial charge in [0.2, 0.25) is 0 Å². The lowest BCUT2D eigenvalue weighted by Gasteiger charge is -2.22. The summed E-state index contributed by atoms with van der Waals surface area (Å²) in [5.41, 5.74) is 12.8. The first-order valence-electron chi connectivity index (χ1n) is 19.4. The zero-order valence-corrected chi connectivity index (χ0v) is 30.7. The molecule has 0 aliphatic carbocycles. The van der Waals surface area contributed by atoms with Gasteiger partial charge in [0.1, 0.15) is 11.2 Å². The van der Waals surface area contributed by atoms with Gasteiger partial charge in [-0.15, -0.1) is 0 Å². The van der Waals surface area contributed by atoms with Crippen LogP contribution in [0.2, 0.25) is 0 Å². The summed E-state index contributed by atoms with van der Waals surface area (Å²) in [5.74, 6) is 0.0406.